The molecule has 0 bridgehead atoms. The average Bonchev–Trinajstić information content (AvgIpc) is 3.58. The molecule has 1 atom stereocenters. The molecule has 3 aromatic heterocycles. The van der Waals surface area contributed by atoms with Crippen molar-refractivity contribution in [1.29, 1.82) is 0 Å². The zero-order chi connectivity index (χ0) is 32.7. The third-order valence-corrected chi connectivity index (χ3v) is 8.15. The Bertz CT molecular complexity index is 1630. The van der Waals surface area contributed by atoms with Crippen molar-refractivity contribution in [1.82, 2.24) is 44.9 Å². The van der Waals surface area contributed by atoms with E-state index < -0.39 is 18.4 Å². The van der Waals surface area contributed by atoms with Crippen LogP contribution in [-0.2, 0) is 6.54 Å². The molecule has 4 heterocycles. The maximum Gasteiger partial charge on any atom is 0.422 e. The Labute approximate surface area is 267 Å². The van der Waals surface area contributed by atoms with Gasteiger partial charge >= 0.3 is 6.18 Å². The van der Waals surface area contributed by atoms with E-state index in [0.29, 0.717) is 29.4 Å². The van der Waals surface area contributed by atoms with Crippen molar-refractivity contribution in [3.8, 4) is 22.8 Å². The lowest BCUT2D eigenvalue weighted by atomic mass is 9.60. The Balaban J connectivity index is 1.12. The van der Waals surface area contributed by atoms with Crippen LogP contribution in [0.1, 0.15) is 39.7 Å². The van der Waals surface area contributed by atoms with Crippen LogP contribution < -0.4 is 14.8 Å². The number of rotatable bonds is 12. The average molecular weight is 663 g/mol. The van der Waals surface area contributed by atoms with Crippen LogP contribution in [0.5, 0.6) is 11.6 Å². The van der Waals surface area contributed by atoms with E-state index in [-0.39, 0.29) is 35.1 Å². The molecule has 17 heteroatoms. The lowest BCUT2D eigenvalue weighted by Gasteiger charge is -2.59. The molecule has 1 aromatic carbocycles. The first-order valence-electron chi connectivity index (χ1n) is 14.7. The summed E-state index contributed by atoms with van der Waals surface area (Å²) in [6, 6.07) is 5.31. The molecule has 1 saturated heterocycles. The fraction of sp³-hybridized carbons (Fsp3) is 0.517. The van der Waals surface area contributed by atoms with Crippen molar-refractivity contribution in [2.75, 3.05) is 31.6 Å². The number of benzene rings is 1. The van der Waals surface area contributed by atoms with Gasteiger partial charge in [0.25, 0.3) is 5.88 Å². The lowest BCUT2D eigenvalue weighted by Crippen LogP contribution is -2.64. The molecule has 4 aromatic rings. The quantitative estimate of drug-likeness (QED) is 0.221. The van der Waals surface area contributed by atoms with E-state index in [1.165, 1.54) is 6.33 Å². The first-order chi connectivity index (χ1) is 21.7. The van der Waals surface area contributed by atoms with Crippen LogP contribution in [0.2, 0.25) is 5.02 Å². The van der Waals surface area contributed by atoms with Gasteiger partial charge in [0.15, 0.2) is 6.61 Å². The summed E-state index contributed by atoms with van der Waals surface area (Å²) in [5.74, 6) is 0.441. The Hall–Kier alpha value is -4.02. The van der Waals surface area contributed by atoms with Gasteiger partial charge in [0.1, 0.15) is 23.9 Å². The number of anilines is 2. The highest BCUT2D eigenvalue weighted by Gasteiger charge is 2.53. The largest absolute Gasteiger partial charge is 0.487 e. The lowest BCUT2D eigenvalue weighted by molar-refractivity contribution is -0.154. The molecule has 0 radical (unpaired) electrons. The Kier molecular flexibility index (Phi) is 8.54. The highest BCUT2D eigenvalue weighted by molar-refractivity contribution is 6.32. The summed E-state index contributed by atoms with van der Waals surface area (Å²) in [6.07, 6.45) is 3.16. The van der Waals surface area contributed by atoms with Crippen molar-refractivity contribution >= 4 is 23.2 Å². The van der Waals surface area contributed by atoms with E-state index in [4.69, 9.17) is 21.1 Å². The molecule has 13 nitrogen and oxygen atoms in total. The molecule has 1 aliphatic carbocycles. The summed E-state index contributed by atoms with van der Waals surface area (Å²) in [7, 11) is 0. The highest BCUT2D eigenvalue weighted by atomic mass is 35.5. The number of aliphatic hydroxyl groups is 1. The summed E-state index contributed by atoms with van der Waals surface area (Å²) in [5, 5.41) is 28.9. The minimum atomic E-state index is -4.53. The van der Waals surface area contributed by atoms with Gasteiger partial charge in [0.05, 0.1) is 29.4 Å². The number of aromatic nitrogens is 8. The van der Waals surface area contributed by atoms with Crippen molar-refractivity contribution in [3.63, 3.8) is 0 Å². The van der Waals surface area contributed by atoms with Crippen LogP contribution >= 0.6 is 11.6 Å². The monoisotopic (exact) mass is 662 g/mol. The van der Waals surface area contributed by atoms with Crippen molar-refractivity contribution < 1.29 is 27.8 Å². The molecule has 2 aliphatic rings. The first kappa shape index (κ1) is 31.9. The predicted octanol–water partition coefficient (Wildman–Crippen LogP) is 4.54. The van der Waals surface area contributed by atoms with Gasteiger partial charge in [-0.15, -0.1) is 10.2 Å². The van der Waals surface area contributed by atoms with Crippen molar-refractivity contribution in [2.45, 2.75) is 64.1 Å². The van der Waals surface area contributed by atoms with Crippen LogP contribution in [-0.4, -0.2) is 94.1 Å². The van der Waals surface area contributed by atoms with Crippen molar-refractivity contribution in [3.05, 3.63) is 48.1 Å². The fourth-order valence-electron chi connectivity index (χ4n) is 6.07. The number of hydrogen-bond donors (Lipinski definition) is 2. The van der Waals surface area contributed by atoms with Crippen LogP contribution in [0.3, 0.4) is 0 Å². The smallest absolute Gasteiger partial charge is 0.422 e. The van der Waals surface area contributed by atoms with E-state index in [1.54, 1.807) is 60.0 Å². The van der Waals surface area contributed by atoms with Crippen LogP contribution in [0.25, 0.3) is 11.1 Å². The van der Waals surface area contributed by atoms with E-state index in [9.17, 15) is 18.3 Å². The summed E-state index contributed by atoms with van der Waals surface area (Å²) in [6.45, 7) is 6.72. The van der Waals surface area contributed by atoms with Gasteiger partial charge < -0.3 is 19.9 Å². The second-order valence-corrected chi connectivity index (χ2v) is 13.2. The van der Waals surface area contributed by atoms with Gasteiger partial charge in [-0.3, -0.25) is 9.58 Å². The number of nitrogens with one attached hydrogen (secondary N) is 1. The zero-order valence-electron chi connectivity index (χ0n) is 25.4. The van der Waals surface area contributed by atoms with Gasteiger partial charge in [-0.2, -0.15) is 13.2 Å². The molecule has 0 amide bonds. The minimum absolute atomic E-state index is 0.0216. The predicted molar refractivity (Wildman–Crippen MR) is 161 cm³/mol. The molecule has 0 unspecified atom stereocenters. The third kappa shape index (κ3) is 7.67. The molecule has 1 saturated carbocycles. The molecule has 6 rings (SSSR count). The molecule has 1 spiro atoms. The highest BCUT2D eigenvalue weighted by Crippen LogP contribution is 2.54. The van der Waals surface area contributed by atoms with Gasteiger partial charge in [-0.1, -0.05) is 17.7 Å². The second-order valence-electron chi connectivity index (χ2n) is 12.8. The SMILES string of the molecule is C[C@@H](Cn1cnnn1)Oc1cc(-c2cnc(Nc3cn(C4CC5(C4)CN(CC(C)(C)O)C5)nc3OCC(F)(F)F)nc2)ccc1Cl. The molecule has 46 heavy (non-hydrogen) atoms. The molecule has 1 aliphatic heterocycles. The van der Waals surface area contributed by atoms with E-state index in [1.807, 2.05) is 6.92 Å². The van der Waals surface area contributed by atoms with Gasteiger partial charge in [-0.05, 0) is 67.2 Å². The molecule has 2 fully saturated rings. The number of alkyl halides is 3. The third-order valence-electron chi connectivity index (χ3n) is 7.84. The topological polar surface area (TPSA) is 141 Å². The molecular weight excluding hydrogens is 629 g/mol. The number of tetrazole rings is 1. The molecular formula is C29H34ClF3N10O3. The summed E-state index contributed by atoms with van der Waals surface area (Å²) < 4.78 is 53.3. The Morgan fingerprint density at radius 2 is 1.89 bits per heavy atom. The standard InChI is InChI=1S/C29H34ClF3N10O3/c1-18(11-42-17-36-39-40-42)46-24-6-19(4-5-22(24)30)20-9-34-26(35-10-20)37-23-12-43(38-25(23)45-16-29(31,32)33)21-7-28(8-21)14-41(15-28)13-27(2,3)44/h4-6,9-10,12,17-18,21,44H,7-8,11,13-16H2,1-3H3,(H,34,35,37)/t18-/m0/s1. The number of β-amino-alcohol motifs (C(OH)–C–C–N with tert-alkyl or cyclic N) is 1. The van der Waals surface area contributed by atoms with Crippen LogP contribution in [0.4, 0.5) is 24.8 Å². The number of hydrogen-bond acceptors (Lipinski definition) is 11. The number of ether oxygens (including phenoxy) is 2. The maximum absolute atomic E-state index is 13.0. The van der Waals surface area contributed by atoms with Gasteiger partial charge in [-0.25, -0.2) is 14.6 Å². The molecule has 246 valence electrons. The Morgan fingerprint density at radius 1 is 1.15 bits per heavy atom. The van der Waals surface area contributed by atoms with Gasteiger partial charge in [0, 0.05) is 37.6 Å². The fourth-order valence-corrected chi connectivity index (χ4v) is 6.23. The first-order valence-corrected chi connectivity index (χ1v) is 15.1. The van der Waals surface area contributed by atoms with E-state index >= 15 is 0 Å². The zero-order valence-corrected chi connectivity index (χ0v) is 26.2. The number of likely N-dealkylation sites (tertiary alicyclic amines) is 1. The van der Waals surface area contributed by atoms with E-state index in [0.717, 1.165) is 31.5 Å². The normalized spacial score (nSPS) is 17.4. The van der Waals surface area contributed by atoms with Crippen LogP contribution in [0.15, 0.2) is 43.1 Å². The second kappa shape index (κ2) is 12.3. The van der Waals surface area contributed by atoms with Crippen molar-refractivity contribution in [2.24, 2.45) is 5.41 Å². The van der Waals surface area contributed by atoms with Crippen LogP contribution in [0, 0.1) is 5.41 Å². The van der Waals surface area contributed by atoms with Gasteiger partial charge in [0.2, 0.25) is 5.95 Å². The summed E-state index contributed by atoms with van der Waals surface area (Å²) in [5.41, 5.74) is 1.03. The summed E-state index contributed by atoms with van der Waals surface area (Å²) >= 11 is 6.37. The summed E-state index contributed by atoms with van der Waals surface area (Å²) in [4.78, 5) is 11.0. The number of halogens is 4. The molecule has 2 N–H and O–H groups in total. The number of nitrogens with zero attached hydrogens (tertiary/aromatic N) is 9. The minimum Gasteiger partial charge on any atom is -0.487 e. The van der Waals surface area contributed by atoms with E-state index in [2.05, 4.69) is 40.8 Å². The Morgan fingerprint density at radius 3 is 2.54 bits per heavy atom. The maximum atomic E-state index is 13.0.